The second kappa shape index (κ2) is 11.5. The van der Waals surface area contributed by atoms with Crippen LogP contribution < -0.4 is 16.3 Å². The Hall–Kier alpha value is -3.45. The van der Waals surface area contributed by atoms with E-state index in [2.05, 4.69) is 20.1 Å². The van der Waals surface area contributed by atoms with Crippen molar-refractivity contribution in [1.82, 2.24) is 14.6 Å². The van der Waals surface area contributed by atoms with E-state index in [4.69, 9.17) is 19.5 Å². The lowest BCUT2D eigenvalue weighted by Crippen LogP contribution is -2.38. The highest BCUT2D eigenvalue weighted by Gasteiger charge is 2.39. The third-order valence-corrected chi connectivity index (χ3v) is 6.59. The Balaban J connectivity index is 1.70. The van der Waals surface area contributed by atoms with Crippen LogP contribution in [0, 0.1) is 6.92 Å². The van der Waals surface area contributed by atoms with E-state index >= 15 is 0 Å². The highest BCUT2D eigenvalue weighted by atomic mass is 31.2. The summed E-state index contributed by atoms with van der Waals surface area (Å²) in [5.74, 6) is -0.806. The molecule has 1 fully saturated rings. The molecule has 194 valence electrons. The van der Waals surface area contributed by atoms with Gasteiger partial charge in [0.25, 0.3) is 5.56 Å². The maximum atomic E-state index is 12.7. The summed E-state index contributed by atoms with van der Waals surface area (Å²) in [6, 6.07) is 3.76. The number of hydrogen-bond donors (Lipinski definition) is 4. The van der Waals surface area contributed by atoms with E-state index in [0.29, 0.717) is 5.56 Å². The number of phenolic OH excluding ortho intramolecular Hbond substituents is 1. The van der Waals surface area contributed by atoms with Crippen molar-refractivity contribution in [3.8, 4) is 5.75 Å². The number of nitrogens with one attached hydrogen (secondary N) is 2. The molecule has 0 amide bonds. The molecule has 36 heavy (non-hydrogen) atoms. The van der Waals surface area contributed by atoms with Crippen molar-refractivity contribution in [2.24, 2.45) is 5.11 Å². The van der Waals surface area contributed by atoms with Crippen molar-refractivity contribution in [2.45, 2.75) is 44.2 Å². The number of aromatic hydroxyl groups is 1. The molecule has 1 aliphatic rings. The van der Waals surface area contributed by atoms with Crippen LogP contribution in [0.15, 0.2) is 45.2 Å². The first kappa shape index (κ1) is 27.1. The Morgan fingerprint density at radius 3 is 2.75 bits per heavy atom. The Morgan fingerprint density at radius 2 is 2.11 bits per heavy atom. The standard InChI is InChI=1S/C20H25N6O9P/c1-11-9-26(20(30)22-18(11)28)17-8-14(23-25-21)16(35-17)10-34-36(31,32)24-15(19(29)33-2)7-12-3-5-13(27)6-4-12/h3-6,9,14-17,27H,7-8,10H2,1-2H3,(H,22,28,30)(H2,24,31,32)/t14?,15-,16+,17?/m0/s1. The Labute approximate surface area is 203 Å². The zero-order valence-corrected chi connectivity index (χ0v) is 20.2. The minimum Gasteiger partial charge on any atom is -0.508 e. The van der Waals surface area contributed by atoms with Crippen LogP contribution in [0.25, 0.3) is 10.4 Å². The smallest absolute Gasteiger partial charge is 0.403 e. The molecule has 3 rings (SSSR count). The number of hydrogen-bond acceptors (Lipinski definition) is 9. The first-order chi connectivity index (χ1) is 17.0. The van der Waals surface area contributed by atoms with Gasteiger partial charge in [0, 0.05) is 23.1 Å². The number of H-pyrrole nitrogens is 1. The van der Waals surface area contributed by atoms with Crippen molar-refractivity contribution < 1.29 is 33.4 Å². The average Bonchev–Trinajstić information content (AvgIpc) is 3.23. The molecule has 1 aromatic heterocycles. The summed E-state index contributed by atoms with van der Waals surface area (Å²) in [5.41, 5.74) is 8.43. The number of rotatable bonds is 10. The number of phenols is 1. The predicted octanol–water partition coefficient (Wildman–Crippen LogP) is 1.01. The fourth-order valence-corrected chi connectivity index (χ4v) is 4.64. The number of azide groups is 1. The zero-order chi connectivity index (χ0) is 26.5. The molecule has 16 heteroatoms. The number of carbonyl (C=O) groups excluding carboxylic acids is 1. The number of methoxy groups -OCH3 is 1. The van der Waals surface area contributed by atoms with E-state index in [1.807, 2.05) is 0 Å². The molecule has 2 heterocycles. The number of ether oxygens (including phenoxy) is 2. The van der Waals surface area contributed by atoms with Gasteiger partial charge in [0.05, 0.1) is 25.9 Å². The van der Waals surface area contributed by atoms with E-state index in [1.165, 1.54) is 37.4 Å². The third-order valence-electron chi connectivity index (χ3n) is 5.45. The molecule has 1 aliphatic heterocycles. The SMILES string of the molecule is COC(=O)[C@H](Cc1ccc(O)cc1)NP(=O)(O)OC[C@H]1OC(n2cc(C)c(=O)[nH]c2=O)CC1N=[N+]=[N-]. The Kier molecular flexibility index (Phi) is 8.69. The molecule has 15 nitrogen and oxygen atoms in total. The van der Waals surface area contributed by atoms with E-state index < -0.39 is 56.0 Å². The van der Waals surface area contributed by atoms with Gasteiger partial charge in [0.2, 0.25) is 0 Å². The van der Waals surface area contributed by atoms with E-state index in [9.17, 15) is 28.9 Å². The summed E-state index contributed by atoms with van der Waals surface area (Å²) >= 11 is 0. The molecule has 1 saturated heterocycles. The van der Waals surface area contributed by atoms with Gasteiger partial charge in [-0.15, -0.1) is 0 Å². The van der Waals surface area contributed by atoms with Crippen molar-refractivity contribution in [3.05, 3.63) is 72.9 Å². The normalized spacial score (nSPS) is 21.8. The van der Waals surface area contributed by atoms with Crippen LogP contribution in [0.5, 0.6) is 5.75 Å². The third kappa shape index (κ3) is 6.82. The van der Waals surface area contributed by atoms with Crippen molar-refractivity contribution in [1.29, 1.82) is 0 Å². The van der Waals surface area contributed by atoms with Crippen LogP contribution in [0.4, 0.5) is 0 Å². The van der Waals surface area contributed by atoms with Gasteiger partial charge < -0.3 is 19.5 Å². The number of nitrogens with zero attached hydrogens (tertiary/aromatic N) is 4. The molecule has 5 atom stereocenters. The van der Waals surface area contributed by atoms with Crippen LogP contribution >= 0.6 is 7.75 Å². The largest absolute Gasteiger partial charge is 0.508 e. The molecule has 0 radical (unpaired) electrons. The molecule has 1 aromatic carbocycles. The van der Waals surface area contributed by atoms with Gasteiger partial charge in [-0.25, -0.2) is 14.4 Å². The first-order valence-corrected chi connectivity index (χ1v) is 12.2. The lowest BCUT2D eigenvalue weighted by Gasteiger charge is -2.22. The van der Waals surface area contributed by atoms with Crippen LogP contribution in [0.1, 0.15) is 23.8 Å². The lowest BCUT2D eigenvalue weighted by molar-refractivity contribution is -0.142. The molecule has 4 N–H and O–H groups in total. The lowest BCUT2D eigenvalue weighted by atomic mass is 10.1. The molecule has 0 saturated carbocycles. The fourth-order valence-electron chi connectivity index (χ4n) is 3.62. The summed E-state index contributed by atoms with van der Waals surface area (Å²) in [7, 11) is -3.49. The second-order valence-corrected chi connectivity index (χ2v) is 9.56. The molecule has 0 aliphatic carbocycles. The Morgan fingerprint density at radius 1 is 1.42 bits per heavy atom. The average molecular weight is 524 g/mol. The summed E-state index contributed by atoms with van der Waals surface area (Å²) in [6.07, 6.45) is -0.649. The van der Waals surface area contributed by atoms with E-state index in [1.54, 1.807) is 0 Å². The summed E-state index contributed by atoms with van der Waals surface area (Å²) < 4.78 is 29.4. The minimum absolute atomic E-state index is 0.0150. The van der Waals surface area contributed by atoms with E-state index in [0.717, 1.165) is 11.7 Å². The first-order valence-electron chi connectivity index (χ1n) is 10.7. The summed E-state index contributed by atoms with van der Waals surface area (Å²) in [6.45, 7) is 0.976. The molecule has 0 bridgehead atoms. The highest BCUT2D eigenvalue weighted by molar-refractivity contribution is 7.50. The van der Waals surface area contributed by atoms with Crippen molar-refractivity contribution >= 4 is 13.7 Å². The monoisotopic (exact) mass is 524 g/mol. The van der Waals surface area contributed by atoms with Gasteiger partial charge in [-0.05, 0) is 36.6 Å². The Bertz CT molecular complexity index is 1300. The van der Waals surface area contributed by atoms with E-state index in [-0.39, 0.29) is 24.2 Å². The number of esters is 1. The van der Waals surface area contributed by atoms with Gasteiger partial charge >= 0.3 is 19.4 Å². The zero-order valence-electron chi connectivity index (χ0n) is 19.3. The molecule has 3 unspecified atom stereocenters. The second-order valence-electron chi connectivity index (χ2n) is 8.01. The van der Waals surface area contributed by atoms with Gasteiger partial charge in [0.1, 0.15) is 18.0 Å². The van der Waals surface area contributed by atoms with Gasteiger partial charge in [0.15, 0.2) is 0 Å². The predicted molar refractivity (Wildman–Crippen MR) is 124 cm³/mol. The van der Waals surface area contributed by atoms with Gasteiger partial charge in [-0.3, -0.25) is 23.7 Å². The molecule has 2 aromatic rings. The number of aromatic nitrogens is 2. The van der Waals surface area contributed by atoms with Gasteiger partial charge in [-0.1, -0.05) is 17.2 Å². The van der Waals surface area contributed by atoms with Gasteiger partial charge in [-0.2, -0.15) is 0 Å². The van der Waals surface area contributed by atoms with Crippen LogP contribution in [0.3, 0.4) is 0 Å². The molecular formula is C20H25N6O9P. The number of aryl methyl sites for hydroxylation is 1. The fraction of sp³-hybridized carbons (Fsp3) is 0.450. The van der Waals surface area contributed by atoms with Crippen LogP contribution in [-0.4, -0.2) is 57.4 Å². The molecule has 0 spiro atoms. The number of carbonyl (C=O) groups is 1. The summed E-state index contributed by atoms with van der Waals surface area (Å²) in [5, 5.41) is 15.3. The van der Waals surface area contributed by atoms with Crippen molar-refractivity contribution in [2.75, 3.05) is 13.7 Å². The summed E-state index contributed by atoms with van der Waals surface area (Å²) in [4.78, 5) is 51.2. The number of aromatic amines is 1. The molecular weight excluding hydrogens is 499 g/mol. The van der Waals surface area contributed by atoms with Crippen LogP contribution in [0.2, 0.25) is 0 Å². The maximum absolute atomic E-state index is 12.7. The van der Waals surface area contributed by atoms with Crippen molar-refractivity contribution in [3.63, 3.8) is 0 Å². The number of benzene rings is 1. The van der Waals surface area contributed by atoms with Crippen LogP contribution in [-0.2, 0) is 29.8 Å². The maximum Gasteiger partial charge on any atom is 0.403 e. The topological polar surface area (TPSA) is 218 Å². The highest BCUT2D eigenvalue weighted by Crippen LogP contribution is 2.40. The minimum atomic E-state index is -4.61. The quantitative estimate of drug-likeness (QED) is 0.114.